The van der Waals surface area contributed by atoms with Crippen LogP contribution in [0.2, 0.25) is 10.0 Å². The van der Waals surface area contributed by atoms with Gasteiger partial charge < -0.3 is 9.64 Å². The SMILES string of the molecule is CC1CCN(c2ccc3cccc(OCc4ccc(Cl)cc4Cl)c3n2)CC1. The normalized spacial score (nSPS) is 15.3. The van der Waals surface area contributed by atoms with Gasteiger partial charge in [-0.15, -0.1) is 0 Å². The molecule has 0 amide bonds. The average molecular weight is 401 g/mol. The van der Waals surface area contributed by atoms with Crippen molar-refractivity contribution in [2.24, 2.45) is 5.92 Å². The Morgan fingerprint density at radius 1 is 1.07 bits per heavy atom. The summed E-state index contributed by atoms with van der Waals surface area (Å²) in [5, 5.41) is 2.30. The second kappa shape index (κ2) is 7.95. The van der Waals surface area contributed by atoms with Crippen molar-refractivity contribution < 1.29 is 4.74 Å². The van der Waals surface area contributed by atoms with Gasteiger partial charge in [-0.1, -0.05) is 48.3 Å². The molecule has 1 aliphatic rings. The fourth-order valence-electron chi connectivity index (χ4n) is 3.43. The monoisotopic (exact) mass is 400 g/mol. The maximum atomic E-state index is 6.27. The van der Waals surface area contributed by atoms with Gasteiger partial charge in [0, 0.05) is 34.1 Å². The van der Waals surface area contributed by atoms with E-state index >= 15 is 0 Å². The van der Waals surface area contributed by atoms with Crippen molar-refractivity contribution in [2.45, 2.75) is 26.4 Å². The Morgan fingerprint density at radius 2 is 1.89 bits per heavy atom. The van der Waals surface area contributed by atoms with Crippen molar-refractivity contribution in [1.29, 1.82) is 0 Å². The molecule has 0 bridgehead atoms. The van der Waals surface area contributed by atoms with E-state index in [0.29, 0.717) is 16.7 Å². The van der Waals surface area contributed by atoms with Crippen molar-refractivity contribution in [1.82, 2.24) is 4.98 Å². The van der Waals surface area contributed by atoms with Gasteiger partial charge in [0.05, 0.1) is 0 Å². The first-order chi connectivity index (χ1) is 13.1. The summed E-state index contributed by atoms with van der Waals surface area (Å²) in [4.78, 5) is 7.29. The van der Waals surface area contributed by atoms with Crippen LogP contribution >= 0.6 is 23.2 Å². The molecule has 2 heterocycles. The molecule has 27 heavy (non-hydrogen) atoms. The predicted molar refractivity (Wildman–Crippen MR) is 113 cm³/mol. The van der Waals surface area contributed by atoms with Crippen LogP contribution in [-0.4, -0.2) is 18.1 Å². The molecule has 5 heteroatoms. The van der Waals surface area contributed by atoms with Gasteiger partial charge in [-0.2, -0.15) is 0 Å². The van der Waals surface area contributed by atoms with Crippen LogP contribution in [0.5, 0.6) is 5.75 Å². The van der Waals surface area contributed by atoms with Gasteiger partial charge in [-0.05, 0) is 49.1 Å². The number of nitrogens with zero attached hydrogens (tertiary/aromatic N) is 2. The maximum Gasteiger partial charge on any atom is 0.146 e. The van der Waals surface area contributed by atoms with Crippen molar-refractivity contribution in [3.63, 3.8) is 0 Å². The van der Waals surface area contributed by atoms with Crippen LogP contribution in [-0.2, 0) is 6.61 Å². The zero-order valence-electron chi connectivity index (χ0n) is 15.3. The smallest absolute Gasteiger partial charge is 0.146 e. The number of anilines is 1. The topological polar surface area (TPSA) is 25.4 Å². The molecule has 3 aromatic rings. The fraction of sp³-hybridized carbons (Fsp3) is 0.318. The quantitative estimate of drug-likeness (QED) is 0.509. The third-order valence-corrected chi connectivity index (χ3v) is 5.76. The van der Waals surface area contributed by atoms with E-state index in [1.807, 2.05) is 24.3 Å². The summed E-state index contributed by atoms with van der Waals surface area (Å²) in [5.41, 5.74) is 1.79. The van der Waals surface area contributed by atoms with Crippen LogP contribution in [0.15, 0.2) is 48.5 Å². The zero-order valence-corrected chi connectivity index (χ0v) is 16.8. The van der Waals surface area contributed by atoms with Gasteiger partial charge in [-0.25, -0.2) is 4.98 Å². The van der Waals surface area contributed by atoms with E-state index < -0.39 is 0 Å². The molecule has 140 valence electrons. The molecule has 1 saturated heterocycles. The lowest BCUT2D eigenvalue weighted by Crippen LogP contribution is -2.33. The molecule has 1 aromatic heterocycles. The third-order valence-electron chi connectivity index (χ3n) is 5.17. The summed E-state index contributed by atoms with van der Waals surface area (Å²) in [6.45, 7) is 4.81. The largest absolute Gasteiger partial charge is 0.487 e. The van der Waals surface area contributed by atoms with Crippen molar-refractivity contribution in [2.75, 3.05) is 18.0 Å². The Hall–Kier alpha value is -1.97. The Morgan fingerprint density at radius 3 is 2.67 bits per heavy atom. The van der Waals surface area contributed by atoms with Gasteiger partial charge in [0.1, 0.15) is 23.7 Å². The Kier molecular flexibility index (Phi) is 5.42. The zero-order chi connectivity index (χ0) is 18.8. The number of aromatic nitrogens is 1. The number of pyridine rings is 1. The number of hydrogen-bond donors (Lipinski definition) is 0. The minimum atomic E-state index is 0.377. The minimum absolute atomic E-state index is 0.377. The highest BCUT2D eigenvalue weighted by atomic mass is 35.5. The van der Waals surface area contributed by atoms with Crippen molar-refractivity contribution in [3.05, 3.63) is 64.1 Å². The highest BCUT2D eigenvalue weighted by molar-refractivity contribution is 6.35. The van der Waals surface area contributed by atoms with E-state index in [4.69, 9.17) is 32.9 Å². The Bertz CT molecular complexity index is 952. The lowest BCUT2D eigenvalue weighted by molar-refractivity contribution is 0.309. The number of fused-ring (bicyclic) bond motifs is 1. The first-order valence-electron chi connectivity index (χ1n) is 9.31. The van der Waals surface area contributed by atoms with Crippen LogP contribution in [0.25, 0.3) is 10.9 Å². The maximum absolute atomic E-state index is 6.27. The van der Waals surface area contributed by atoms with Gasteiger partial charge in [0.25, 0.3) is 0 Å². The number of para-hydroxylation sites is 1. The van der Waals surface area contributed by atoms with E-state index in [-0.39, 0.29) is 0 Å². The summed E-state index contributed by atoms with van der Waals surface area (Å²) in [7, 11) is 0. The molecule has 0 aliphatic carbocycles. The highest BCUT2D eigenvalue weighted by Gasteiger charge is 2.17. The summed E-state index contributed by atoms with van der Waals surface area (Å²) in [6.07, 6.45) is 2.43. The highest BCUT2D eigenvalue weighted by Crippen LogP contribution is 2.30. The van der Waals surface area contributed by atoms with Crippen LogP contribution < -0.4 is 9.64 Å². The number of ether oxygens (including phenoxy) is 1. The van der Waals surface area contributed by atoms with Crippen LogP contribution in [0.3, 0.4) is 0 Å². The number of benzene rings is 2. The number of rotatable bonds is 4. The molecule has 0 saturated carbocycles. The van der Waals surface area contributed by atoms with E-state index in [0.717, 1.165) is 47.0 Å². The lowest BCUT2D eigenvalue weighted by Gasteiger charge is -2.31. The van der Waals surface area contributed by atoms with Crippen LogP contribution in [0.4, 0.5) is 5.82 Å². The van der Waals surface area contributed by atoms with Crippen molar-refractivity contribution in [3.8, 4) is 5.75 Å². The van der Waals surface area contributed by atoms with Crippen molar-refractivity contribution >= 4 is 39.9 Å². The molecule has 0 atom stereocenters. The summed E-state index contributed by atoms with van der Waals surface area (Å²) in [5.74, 6) is 2.59. The number of hydrogen-bond acceptors (Lipinski definition) is 3. The first-order valence-corrected chi connectivity index (χ1v) is 10.1. The molecule has 0 N–H and O–H groups in total. The molecule has 1 fully saturated rings. The molecular formula is C22H22Cl2N2O. The lowest BCUT2D eigenvalue weighted by atomic mass is 9.99. The van der Waals surface area contributed by atoms with Gasteiger partial charge in [-0.3, -0.25) is 0 Å². The molecule has 2 aromatic carbocycles. The Balaban J connectivity index is 1.59. The molecule has 0 spiro atoms. The summed E-state index contributed by atoms with van der Waals surface area (Å²) >= 11 is 12.2. The third kappa shape index (κ3) is 4.15. The second-order valence-corrected chi connectivity index (χ2v) is 8.03. The average Bonchev–Trinajstić information content (AvgIpc) is 2.67. The molecule has 1 aliphatic heterocycles. The first kappa shape index (κ1) is 18.4. The second-order valence-electron chi connectivity index (χ2n) is 7.19. The molecule has 0 unspecified atom stereocenters. The standard InChI is InChI=1S/C22H22Cl2N2O/c1-15-9-11-26(12-10-15)21-8-6-16-3-2-4-20(22(16)25-21)27-14-17-5-7-18(23)13-19(17)24/h2-8,13,15H,9-12,14H2,1H3. The van der Waals surface area contributed by atoms with E-state index in [2.05, 4.69) is 30.0 Å². The minimum Gasteiger partial charge on any atom is -0.487 e. The molecule has 0 radical (unpaired) electrons. The van der Waals surface area contributed by atoms with E-state index in [1.54, 1.807) is 6.07 Å². The number of piperidine rings is 1. The molecular weight excluding hydrogens is 379 g/mol. The predicted octanol–water partition coefficient (Wildman–Crippen LogP) is 6.36. The van der Waals surface area contributed by atoms with Gasteiger partial charge >= 0.3 is 0 Å². The van der Waals surface area contributed by atoms with Gasteiger partial charge in [0.15, 0.2) is 0 Å². The number of halogens is 2. The summed E-state index contributed by atoms with van der Waals surface area (Å²) in [6, 6.07) is 15.7. The van der Waals surface area contributed by atoms with Crippen LogP contribution in [0.1, 0.15) is 25.3 Å². The van der Waals surface area contributed by atoms with E-state index in [9.17, 15) is 0 Å². The summed E-state index contributed by atoms with van der Waals surface area (Å²) < 4.78 is 6.08. The van der Waals surface area contributed by atoms with Gasteiger partial charge in [0.2, 0.25) is 0 Å². The molecule has 4 rings (SSSR count). The van der Waals surface area contributed by atoms with E-state index in [1.165, 1.54) is 12.8 Å². The Labute approximate surface area is 169 Å². The molecule has 3 nitrogen and oxygen atoms in total. The van der Waals surface area contributed by atoms with Crippen LogP contribution in [0, 0.1) is 5.92 Å². The fourth-order valence-corrected chi connectivity index (χ4v) is 3.90.